The number of benzene rings is 3. The normalized spacial score (nSPS) is 19.8. The molecule has 3 aromatic carbocycles. The smallest absolute Gasteiger partial charge is 0.407 e. The molecule has 2 aliphatic heterocycles. The van der Waals surface area contributed by atoms with Crippen molar-refractivity contribution in [1.82, 2.24) is 30.4 Å². The lowest BCUT2D eigenvalue weighted by Crippen LogP contribution is -2.51. The zero-order valence-corrected chi connectivity index (χ0v) is 42.0. The maximum Gasteiger partial charge on any atom is 0.407 e. The summed E-state index contributed by atoms with van der Waals surface area (Å²) in [7, 11) is 5.80. The molecule has 0 saturated carbocycles. The van der Waals surface area contributed by atoms with Crippen molar-refractivity contribution >= 4 is 35.6 Å². The lowest BCUT2D eigenvalue weighted by molar-refractivity contribution is -0.138. The number of hydrogen-bond acceptors (Lipinski definition) is 10. The van der Waals surface area contributed by atoms with Gasteiger partial charge in [-0.25, -0.2) is 14.6 Å². The predicted octanol–water partition coefficient (Wildman–Crippen LogP) is 8.54. The topological polar surface area (TPSA) is 194 Å². The molecule has 4 N–H and O–H groups in total. The number of imidazole rings is 1. The first-order valence-electron chi connectivity index (χ1n) is 24.8. The van der Waals surface area contributed by atoms with Crippen molar-refractivity contribution in [3.05, 3.63) is 95.4 Å². The summed E-state index contributed by atoms with van der Waals surface area (Å²) >= 11 is 0. The number of methoxy groups -OCH3 is 4. The van der Waals surface area contributed by atoms with Gasteiger partial charge < -0.3 is 49.7 Å². The lowest BCUT2D eigenvalue weighted by atomic mass is 9.70. The number of ether oxygens (including phenoxy) is 4. The maximum absolute atomic E-state index is 14.5. The molecule has 0 radical (unpaired) electrons. The second-order valence-corrected chi connectivity index (χ2v) is 19.4. The van der Waals surface area contributed by atoms with E-state index in [0.29, 0.717) is 49.7 Å². The number of aromatic amines is 1. The van der Waals surface area contributed by atoms with Crippen LogP contribution in [0.5, 0.6) is 0 Å². The number of hydrogen-bond donors (Lipinski definition) is 4. The van der Waals surface area contributed by atoms with Crippen molar-refractivity contribution < 1.29 is 42.9 Å². The van der Waals surface area contributed by atoms with Crippen molar-refractivity contribution in [2.24, 2.45) is 17.8 Å². The van der Waals surface area contributed by atoms with E-state index in [-0.39, 0.29) is 47.6 Å². The molecule has 5 amide bonds. The van der Waals surface area contributed by atoms with Crippen LogP contribution in [-0.4, -0.2) is 117 Å². The number of likely N-dealkylation sites (tertiary alicyclic amines) is 2. The van der Waals surface area contributed by atoms with Crippen LogP contribution in [0.1, 0.15) is 114 Å². The van der Waals surface area contributed by atoms with Gasteiger partial charge in [0.25, 0.3) is 5.91 Å². The van der Waals surface area contributed by atoms with Gasteiger partial charge in [-0.2, -0.15) is 0 Å². The Morgan fingerprint density at radius 1 is 0.757 bits per heavy atom. The summed E-state index contributed by atoms with van der Waals surface area (Å²) < 4.78 is 20.8. The Hall–Kier alpha value is -6.26. The first kappa shape index (κ1) is 51.6. The monoisotopic (exact) mass is 962 g/mol. The van der Waals surface area contributed by atoms with Gasteiger partial charge in [0.1, 0.15) is 23.9 Å². The van der Waals surface area contributed by atoms with Crippen LogP contribution in [0.25, 0.3) is 22.4 Å². The molecule has 6 atom stereocenters. The molecule has 16 heteroatoms. The Morgan fingerprint density at radius 3 is 2.00 bits per heavy atom. The van der Waals surface area contributed by atoms with Crippen LogP contribution < -0.4 is 16.0 Å². The van der Waals surface area contributed by atoms with E-state index in [1.807, 2.05) is 37.1 Å². The number of rotatable bonds is 20. The molecule has 1 aromatic heterocycles. The van der Waals surface area contributed by atoms with Gasteiger partial charge in [-0.15, -0.1) is 0 Å². The fourth-order valence-corrected chi connectivity index (χ4v) is 10.9. The zero-order chi connectivity index (χ0) is 50.1. The number of carbonyl (C=O) groups excluding carboxylic acids is 5. The molecule has 16 nitrogen and oxygen atoms in total. The minimum atomic E-state index is -1.06. The van der Waals surface area contributed by atoms with Gasteiger partial charge in [-0.3, -0.25) is 14.4 Å². The Morgan fingerprint density at radius 2 is 1.37 bits per heavy atom. The number of H-pyrrole nitrogens is 1. The summed E-state index contributed by atoms with van der Waals surface area (Å²) in [6.07, 6.45) is 7.30. The standard InChI is InChI=1S/C54H71N7O9/c1-9-11-22-54(23-12-10-2)41-26-37(43-28-55-48(57-43)44-24-34(31-67-5)29-60(44)50(63)46(33(3)4)58-52(65)69-7)18-20-39(41)40-21-19-38(27-42(40)54)56-49(62)45-25-35(32-68-6)30-61(45)51(64)47(59-53(66)70-8)36-16-14-13-15-17-36/h13-21,26-28,33-35,44-47H,9-12,22-25,29-32H2,1-8H3,(H,55,57)(H,56,62)(H,58,65)(H,59,66)/t34-,35-,44-,45-,46-,47+/m0/s1. The molecular weight excluding hydrogens is 891 g/mol. The van der Waals surface area contributed by atoms with Crippen LogP contribution in [0.15, 0.2) is 72.9 Å². The maximum atomic E-state index is 14.5. The first-order valence-corrected chi connectivity index (χ1v) is 24.8. The Bertz CT molecular complexity index is 2470. The highest BCUT2D eigenvalue weighted by atomic mass is 16.5. The van der Waals surface area contributed by atoms with Crippen molar-refractivity contribution in [3.63, 3.8) is 0 Å². The Kier molecular flexibility index (Phi) is 17.0. The predicted molar refractivity (Wildman–Crippen MR) is 267 cm³/mol. The van der Waals surface area contributed by atoms with Gasteiger partial charge in [0.15, 0.2) is 0 Å². The molecule has 0 bridgehead atoms. The van der Waals surface area contributed by atoms with E-state index in [1.165, 1.54) is 19.8 Å². The van der Waals surface area contributed by atoms with Gasteiger partial charge >= 0.3 is 12.2 Å². The average molecular weight is 962 g/mol. The van der Waals surface area contributed by atoms with Gasteiger partial charge in [0, 0.05) is 50.2 Å². The molecular formula is C54H71N7O9. The molecule has 70 heavy (non-hydrogen) atoms. The number of alkyl carbamates (subject to hydrolysis) is 2. The van der Waals surface area contributed by atoms with Crippen LogP contribution >= 0.6 is 0 Å². The summed E-state index contributed by atoms with van der Waals surface area (Å²) in [4.78, 5) is 79.9. The fraction of sp³-hybridized carbons (Fsp3) is 0.519. The van der Waals surface area contributed by atoms with Crippen LogP contribution in [-0.2, 0) is 38.7 Å². The van der Waals surface area contributed by atoms with E-state index in [4.69, 9.17) is 23.9 Å². The van der Waals surface area contributed by atoms with Crippen molar-refractivity contribution in [2.45, 2.75) is 109 Å². The molecule has 4 aromatic rings. The average Bonchev–Trinajstić information content (AvgIpc) is 4.18. The molecule has 3 heterocycles. The summed E-state index contributed by atoms with van der Waals surface area (Å²) in [6.45, 7) is 9.81. The number of carbonyl (C=O) groups is 5. The number of amides is 5. The van der Waals surface area contributed by atoms with Crippen LogP contribution in [0.2, 0.25) is 0 Å². The Labute approximate surface area is 411 Å². The van der Waals surface area contributed by atoms with E-state index in [2.05, 4.69) is 65.1 Å². The highest BCUT2D eigenvalue weighted by molar-refractivity contribution is 5.99. The SMILES string of the molecule is CCCCC1(CCCC)c2cc(NC(=O)[C@@H]3C[C@H](COC)CN3C(=O)[C@H](NC(=O)OC)c3ccccc3)ccc2-c2ccc(-c3cnc([C@@H]4C[C@H](COC)CN4C(=O)[C@@H](NC(=O)OC)C(C)C)[nH]3)cc21. The summed E-state index contributed by atoms with van der Waals surface area (Å²) in [5.41, 5.74) is 7.34. The minimum Gasteiger partial charge on any atom is -0.453 e. The molecule has 2 fully saturated rings. The van der Waals surface area contributed by atoms with Gasteiger partial charge in [0.05, 0.1) is 45.4 Å². The lowest BCUT2D eigenvalue weighted by Gasteiger charge is -2.33. The highest BCUT2D eigenvalue weighted by Crippen LogP contribution is 2.55. The quantitative estimate of drug-likeness (QED) is 0.0667. The van der Waals surface area contributed by atoms with Gasteiger partial charge in [-0.1, -0.05) is 102 Å². The number of unbranched alkanes of at least 4 members (excludes halogenated alkanes) is 2. The summed E-state index contributed by atoms with van der Waals surface area (Å²) in [5, 5.41) is 8.66. The number of nitrogens with zero attached hydrogens (tertiary/aromatic N) is 3. The Balaban J connectivity index is 1.19. The third-order valence-electron chi connectivity index (χ3n) is 14.4. The highest BCUT2D eigenvalue weighted by Gasteiger charge is 2.46. The largest absolute Gasteiger partial charge is 0.453 e. The van der Waals surface area contributed by atoms with E-state index in [0.717, 1.165) is 66.5 Å². The van der Waals surface area contributed by atoms with Gasteiger partial charge in [-0.05, 0) is 83.2 Å². The van der Waals surface area contributed by atoms with Crippen molar-refractivity contribution in [2.75, 3.05) is 60.1 Å². The molecule has 1 aliphatic carbocycles. The van der Waals surface area contributed by atoms with E-state index in [1.54, 1.807) is 43.4 Å². The number of aromatic nitrogens is 2. The third-order valence-corrected chi connectivity index (χ3v) is 14.4. The van der Waals surface area contributed by atoms with Crippen LogP contribution in [0, 0.1) is 17.8 Å². The van der Waals surface area contributed by atoms with Crippen molar-refractivity contribution in [1.29, 1.82) is 0 Å². The summed E-state index contributed by atoms with van der Waals surface area (Å²) in [5.74, 6) is -0.436. The summed E-state index contributed by atoms with van der Waals surface area (Å²) in [6, 6.07) is 18.7. The van der Waals surface area contributed by atoms with Crippen LogP contribution in [0.3, 0.4) is 0 Å². The van der Waals surface area contributed by atoms with Gasteiger partial charge in [0.2, 0.25) is 11.8 Å². The molecule has 3 aliphatic rings. The second-order valence-electron chi connectivity index (χ2n) is 19.4. The molecule has 0 unspecified atom stereocenters. The van der Waals surface area contributed by atoms with Crippen molar-refractivity contribution in [3.8, 4) is 22.4 Å². The second kappa shape index (κ2) is 23.1. The van der Waals surface area contributed by atoms with E-state index < -0.39 is 36.2 Å². The van der Waals surface area contributed by atoms with E-state index in [9.17, 15) is 24.0 Å². The first-order chi connectivity index (χ1) is 33.8. The molecule has 376 valence electrons. The third kappa shape index (κ3) is 10.9. The van der Waals surface area contributed by atoms with Crippen LogP contribution in [0.4, 0.5) is 15.3 Å². The minimum absolute atomic E-state index is 0.0823. The molecule has 2 saturated heterocycles. The number of nitrogens with one attached hydrogen (secondary N) is 4. The number of anilines is 1. The zero-order valence-electron chi connectivity index (χ0n) is 42.0. The molecule has 7 rings (SSSR count). The fourth-order valence-electron chi connectivity index (χ4n) is 10.9. The number of fused-ring (bicyclic) bond motifs is 3. The molecule has 0 spiro atoms. The van der Waals surface area contributed by atoms with E-state index >= 15 is 0 Å².